The molecule has 0 unspecified atom stereocenters. The Hall–Kier alpha value is -0.940. The second-order valence-electron chi connectivity index (χ2n) is 5.64. The Labute approximate surface area is 116 Å². The van der Waals surface area contributed by atoms with Crippen molar-refractivity contribution >= 4 is 10.0 Å². The molecule has 108 valence electrons. The van der Waals surface area contributed by atoms with Crippen molar-refractivity contribution < 1.29 is 8.42 Å². The third-order valence-corrected chi connectivity index (χ3v) is 5.04. The first-order valence-electron chi connectivity index (χ1n) is 6.64. The van der Waals surface area contributed by atoms with Gasteiger partial charge in [0.1, 0.15) is 0 Å². The molecule has 0 aliphatic rings. The fourth-order valence-electron chi connectivity index (χ4n) is 1.87. The quantitative estimate of drug-likeness (QED) is 0.835. The maximum Gasteiger partial charge on any atom is 0.218 e. The van der Waals surface area contributed by atoms with Crippen LogP contribution in [0.25, 0.3) is 0 Å². The minimum absolute atomic E-state index is 0.0176. The summed E-state index contributed by atoms with van der Waals surface area (Å²) in [5.74, 6) is 0.0199. The second-order valence-corrected chi connectivity index (χ2v) is 7.61. The Morgan fingerprint density at radius 3 is 2.11 bits per heavy atom. The molecule has 4 nitrogen and oxygen atoms in total. The Balaban J connectivity index is 2.90. The average molecular weight is 284 g/mol. The number of sulfonamides is 1. The van der Waals surface area contributed by atoms with Crippen molar-refractivity contribution in [1.29, 1.82) is 0 Å². The van der Waals surface area contributed by atoms with Crippen molar-refractivity contribution in [2.24, 2.45) is 0 Å². The molecule has 0 aliphatic heterocycles. The van der Waals surface area contributed by atoms with Gasteiger partial charge in [0, 0.05) is 30.4 Å². The van der Waals surface area contributed by atoms with E-state index in [0.29, 0.717) is 13.1 Å². The molecule has 0 fully saturated rings. The van der Waals surface area contributed by atoms with Gasteiger partial charge in [0.2, 0.25) is 10.0 Å². The molecule has 0 bridgehead atoms. The van der Waals surface area contributed by atoms with Crippen LogP contribution in [-0.4, -0.2) is 30.8 Å². The van der Waals surface area contributed by atoms with E-state index < -0.39 is 10.0 Å². The third-order valence-electron chi connectivity index (χ3n) is 3.04. The van der Waals surface area contributed by atoms with E-state index in [1.165, 1.54) is 4.31 Å². The molecule has 0 radical (unpaired) electrons. The average Bonchev–Trinajstić information content (AvgIpc) is 2.29. The zero-order valence-electron chi connectivity index (χ0n) is 12.5. The van der Waals surface area contributed by atoms with Crippen LogP contribution in [-0.2, 0) is 21.2 Å². The summed E-state index contributed by atoms with van der Waals surface area (Å²) in [5.41, 5.74) is 1.69. The van der Waals surface area contributed by atoms with Crippen molar-refractivity contribution in [2.45, 2.75) is 45.8 Å². The van der Waals surface area contributed by atoms with Gasteiger partial charge in [-0.3, -0.25) is 4.98 Å². The highest BCUT2D eigenvalue weighted by Gasteiger charge is 2.20. The van der Waals surface area contributed by atoms with E-state index >= 15 is 0 Å². The van der Waals surface area contributed by atoms with E-state index in [2.05, 4.69) is 25.8 Å². The van der Waals surface area contributed by atoms with Crippen molar-refractivity contribution in [3.63, 3.8) is 0 Å². The number of aromatic nitrogens is 1. The minimum Gasteiger partial charge on any atom is -0.260 e. The van der Waals surface area contributed by atoms with Crippen LogP contribution in [0.2, 0.25) is 0 Å². The molecule has 0 spiro atoms. The van der Waals surface area contributed by atoms with Crippen LogP contribution in [0.5, 0.6) is 0 Å². The van der Waals surface area contributed by atoms with Gasteiger partial charge >= 0.3 is 0 Å². The van der Waals surface area contributed by atoms with Gasteiger partial charge in [-0.1, -0.05) is 40.7 Å². The summed E-state index contributed by atoms with van der Waals surface area (Å²) in [4.78, 5) is 4.36. The van der Waals surface area contributed by atoms with Gasteiger partial charge in [-0.15, -0.1) is 0 Å². The largest absolute Gasteiger partial charge is 0.260 e. The zero-order chi connectivity index (χ0) is 14.7. The Kier molecular flexibility index (Phi) is 5.10. The molecule has 1 aromatic rings. The molecule has 0 saturated heterocycles. The topological polar surface area (TPSA) is 50.3 Å². The van der Waals surface area contributed by atoms with Crippen molar-refractivity contribution in [3.8, 4) is 0 Å². The van der Waals surface area contributed by atoms with Crippen LogP contribution < -0.4 is 0 Å². The van der Waals surface area contributed by atoms with E-state index in [1.54, 1.807) is 6.20 Å². The molecule has 1 aromatic heterocycles. The second kappa shape index (κ2) is 6.01. The lowest BCUT2D eigenvalue weighted by molar-refractivity contribution is 0.444. The SMILES string of the molecule is CCN(CC)S(=O)(=O)Cc1ccc(C(C)(C)C)nc1. The lowest BCUT2D eigenvalue weighted by Gasteiger charge is -2.19. The van der Waals surface area contributed by atoms with E-state index in [1.807, 2.05) is 26.0 Å². The Morgan fingerprint density at radius 1 is 1.16 bits per heavy atom. The molecule has 5 heteroatoms. The summed E-state index contributed by atoms with van der Waals surface area (Å²) in [6.45, 7) is 11.0. The number of rotatable bonds is 5. The van der Waals surface area contributed by atoms with Crippen LogP contribution in [0.3, 0.4) is 0 Å². The van der Waals surface area contributed by atoms with Crippen molar-refractivity contribution in [2.75, 3.05) is 13.1 Å². The van der Waals surface area contributed by atoms with E-state index in [4.69, 9.17) is 0 Å². The number of hydrogen-bond donors (Lipinski definition) is 0. The van der Waals surface area contributed by atoms with Crippen LogP contribution in [0.1, 0.15) is 45.9 Å². The molecule has 1 rings (SSSR count). The summed E-state index contributed by atoms with van der Waals surface area (Å²) in [5, 5.41) is 0. The summed E-state index contributed by atoms with van der Waals surface area (Å²) < 4.78 is 25.8. The normalized spacial score (nSPS) is 12.9. The highest BCUT2D eigenvalue weighted by molar-refractivity contribution is 7.88. The van der Waals surface area contributed by atoms with Crippen LogP contribution in [0.15, 0.2) is 18.3 Å². The predicted molar refractivity (Wildman–Crippen MR) is 78.5 cm³/mol. The zero-order valence-corrected chi connectivity index (χ0v) is 13.3. The number of nitrogens with zero attached hydrogens (tertiary/aromatic N) is 2. The molecule has 1 heterocycles. The van der Waals surface area contributed by atoms with E-state index in [-0.39, 0.29) is 11.2 Å². The Bertz CT molecular complexity index is 497. The van der Waals surface area contributed by atoms with Crippen molar-refractivity contribution in [1.82, 2.24) is 9.29 Å². The first-order chi connectivity index (χ1) is 8.70. The van der Waals surface area contributed by atoms with Gasteiger partial charge in [-0.2, -0.15) is 0 Å². The summed E-state index contributed by atoms with van der Waals surface area (Å²) >= 11 is 0. The summed E-state index contributed by atoms with van der Waals surface area (Å²) in [7, 11) is -3.23. The maximum absolute atomic E-state index is 12.1. The van der Waals surface area contributed by atoms with Gasteiger partial charge in [0.05, 0.1) is 5.75 Å². The predicted octanol–water partition coefficient (Wildman–Crippen LogP) is 2.55. The molecule has 0 aromatic carbocycles. The van der Waals surface area contributed by atoms with Gasteiger partial charge in [-0.25, -0.2) is 12.7 Å². The van der Waals surface area contributed by atoms with Crippen LogP contribution in [0, 0.1) is 0 Å². The van der Waals surface area contributed by atoms with E-state index in [9.17, 15) is 8.42 Å². The molecule has 0 aliphatic carbocycles. The monoisotopic (exact) mass is 284 g/mol. The molecular weight excluding hydrogens is 260 g/mol. The minimum atomic E-state index is -3.23. The highest BCUT2D eigenvalue weighted by atomic mass is 32.2. The van der Waals surface area contributed by atoms with Gasteiger partial charge in [0.25, 0.3) is 0 Å². The molecule has 19 heavy (non-hydrogen) atoms. The first kappa shape index (κ1) is 16.1. The standard InChI is InChI=1S/C14H24N2O2S/c1-6-16(7-2)19(17,18)11-12-8-9-13(15-10-12)14(3,4)5/h8-10H,6-7,11H2,1-5H3. The van der Waals surface area contributed by atoms with Gasteiger partial charge < -0.3 is 0 Å². The lowest BCUT2D eigenvalue weighted by Crippen LogP contribution is -2.31. The molecule has 0 saturated carbocycles. The fourth-order valence-corrected chi connectivity index (χ4v) is 3.43. The maximum atomic E-state index is 12.1. The third kappa shape index (κ3) is 4.28. The highest BCUT2D eigenvalue weighted by Crippen LogP contribution is 2.20. The molecule has 0 N–H and O–H groups in total. The molecular formula is C14H24N2O2S. The summed E-state index contributed by atoms with van der Waals surface area (Å²) in [6.07, 6.45) is 1.67. The fraction of sp³-hybridized carbons (Fsp3) is 0.643. The van der Waals surface area contributed by atoms with Crippen molar-refractivity contribution in [3.05, 3.63) is 29.6 Å². The van der Waals surface area contributed by atoms with Crippen LogP contribution in [0.4, 0.5) is 0 Å². The molecule has 0 atom stereocenters. The van der Waals surface area contributed by atoms with Gasteiger partial charge in [0.15, 0.2) is 0 Å². The summed E-state index contributed by atoms with van der Waals surface area (Å²) in [6, 6.07) is 3.77. The number of pyridine rings is 1. The molecule has 0 amide bonds. The first-order valence-corrected chi connectivity index (χ1v) is 8.25. The Morgan fingerprint density at radius 2 is 1.74 bits per heavy atom. The van der Waals surface area contributed by atoms with E-state index in [0.717, 1.165) is 11.3 Å². The lowest BCUT2D eigenvalue weighted by atomic mass is 9.91. The number of hydrogen-bond acceptors (Lipinski definition) is 3. The smallest absolute Gasteiger partial charge is 0.218 e. The van der Waals surface area contributed by atoms with Crippen LogP contribution >= 0.6 is 0 Å². The van der Waals surface area contributed by atoms with Gasteiger partial charge in [-0.05, 0) is 11.6 Å².